The average Bonchev–Trinajstić information content (AvgIpc) is 3.49. The van der Waals surface area contributed by atoms with Crippen LogP contribution < -0.4 is 35.2 Å². The van der Waals surface area contributed by atoms with Gasteiger partial charge >= 0.3 is 0 Å². The molecule has 0 spiro atoms. The van der Waals surface area contributed by atoms with Crippen LogP contribution in [0, 0.1) is 14.3 Å². The van der Waals surface area contributed by atoms with Crippen molar-refractivity contribution in [3.8, 4) is 34.5 Å². The first-order chi connectivity index (χ1) is 23.5. The number of aliphatic imine (C=N–C) groups is 1. The van der Waals surface area contributed by atoms with Crippen LogP contribution in [0.1, 0.15) is 16.8 Å². The number of halogens is 4. The molecule has 0 fully saturated rings. The second-order valence-electron chi connectivity index (χ2n) is 10.2. The Bertz CT molecular complexity index is 1730. The Hall–Kier alpha value is -2.51. The molecule has 1 heterocycles. The van der Waals surface area contributed by atoms with Crippen LogP contribution in [-0.2, 0) is 30.9 Å². The SMILES string of the molecule is C=C(O)Cc1cc(I)c(Oc2cc(I)c(OCc3cnnn3CCOCCOc3c(OC)cc(CN=C(N)N)cc3OC)c(I)c2)c(I)c1. The van der Waals surface area contributed by atoms with E-state index in [9.17, 15) is 5.11 Å². The predicted molar refractivity (Wildman–Crippen MR) is 219 cm³/mol. The van der Waals surface area contributed by atoms with Crippen molar-refractivity contribution in [3.05, 3.63) is 86.0 Å². The third kappa shape index (κ3) is 11.5. The molecule has 1 aromatic heterocycles. The molecule has 0 saturated carbocycles. The number of hydrogen-bond donors (Lipinski definition) is 3. The summed E-state index contributed by atoms with van der Waals surface area (Å²) < 4.78 is 40.7. The Labute approximate surface area is 338 Å². The summed E-state index contributed by atoms with van der Waals surface area (Å²) in [5, 5.41) is 17.8. The molecule has 0 aliphatic carbocycles. The molecule has 262 valence electrons. The summed E-state index contributed by atoms with van der Waals surface area (Å²) in [7, 11) is 3.10. The van der Waals surface area contributed by atoms with Crippen molar-refractivity contribution in [2.45, 2.75) is 26.1 Å². The van der Waals surface area contributed by atoms with E-state index in [1.807, 2.05) is 24.3 Å². The maximum Gasteiger partial charge on any atom is 0.203 e. The normalized spacial score (nSPS) is 10.8. The number of nitrogens with two attached hydrogens (primary N) is 2. The van der Waals surface area contributed by atoms with E-state index in [2.05, 4.69) is 112 Å². The van der Waals surface area contributed by atoms with Crippen molar-refractivity contribution in [1.82, 2.24) is 15.0 Å². The van der Waals surface area contributed by atoms with Gasteiger partial charge in [0.2, 0.25) is 5.75 Å². The highest BCUT2D eigenvalue weighted by molar-refractivity contribution is 14.1. The summed E-state index contributed by atoms with van der Waals surface area (Å²) in [6, 6.07) is 11.4. The predicted octanol–water partition coefficient (Wildman–Crippen LogP) is 6.57. The number of nitrogens with zero attached hydrogens (tertiary/aromatic N) is 4. The Morgan fingerprint density at radius 3 is 2.06 bits per heavy atom. The zero-order valence-electron chi connectivity index (χ0n) is 26.6. The van der Waals surface area contributed by atoms with Gasteiger partial charge in [0.15, 0.2) is 23.2 Å². The van der Waals surface area contributed by atoms with Gasteiger partial charge in [-0.25, -0.2) is 9.67 Å². The van der Waals surface area contributed by atoms with E-state index in [1.54, 1.807) is 37.2 Å². The first-order valence-corrected chi connectivity index (χ1v) is 18.8. The van der Waals surface area contributed by atoms with Crippen LogP contribution in [0.4, 0.5) is 0 Å². The van der Waals surface area contributed by atoms with E-state index in [-0.39, 0.29) is 31.5 Å². The summed E-state index contributed by atoms with van der Waals surface area (Å²) in [5.41, 5.74) is 13.5. The third-order valence-corrected chi connectivity index (χ3v) is 9.81. The number of ether oxygens (including phenoxy) is 6. The molecule has 0 aliphatic heterocycles. The van der Waals surface area contributed by atoms with Gasteiger partial charge in [0, 0.05) is 6.42 Å². The topological polar surface area (TPSA) is 171 Å². The number of rotatable bonds is 18. The van der Waals surface area contributed by atoms with E-state index in [0.717, 1.165) is 42.6 Å². The van der Waals surface area contributed by atoms with Gasteiger partial charge in [-0.1, -0.05) is 11.8 Å². The quantitative estimate of drug-likeness (QED) is 0.0324. The Morgan fingerprint density at radius 1 is 0.837 bits per heavy atom. The molecule has 13 nitrogen and oxygen atoms in total. The van der Waals surface area contributed by atoms with E-state index in [4.69, 9.17) is 39.9 Å². The molecule has 0 aliphatic rings. The van der Waals surface area contributed by atoms with Gasteiger partial charge in [-0.05, 0) is 138 Å². The highest BCUT2D eigenvalue weighted by atomic mass is 127. The number of hydrogen-bond acceptors (Lipinski definition) is 10. The van der Waals surface area contributed by atoms with Crippen molar-refractivity contribution in [3.63, 3.8) is 0 Å². The smallest absolute Gasteiger partial charge is 0.203 e. The lowest BCUT2D eigenvalue weighted by atomic mass is 10.1. The monoisotopic (exact) mass is 1120 g/mol. The summed E-state index contributed by atoms with van der Waals surface area (Å²) in [6.07, 6.45) is 2.08. The second kappa shape index (κ2) is 19.2. The largest absolute Gasteiger partial charge is 0.513 e. The molecule has 5 N–H and O–H groups in total. The maximum absolute atomic E-state index is 9.58. The molecule has 0 saturated heterocycles. The van der Waals surface area contributed by atoms with Crippen LogP contribution in [0.15, 0.2) is 59.9 Å². The van der Waals surface area contributed by atoms with E-state index in [1.165, 1.54) is 0 Å². The molecule has 17 heteroatoms. The van der Waals surface area contributed by atoms with Gasteiger partial charge < -0.3 is 45.0 Å². The lowest BCUT2D eigenvalue weighted by Gasteiger charge is -2.16. The highest BCUT2D eigenvalue weighted by Crippen LogP contribution is 2.39. The zero-order valence-corrected chi connectivity index (χ0v) is 35.2. The molecule has 4 rings (SSSR count). The number of benzene rings is 3. The Kier molecular flexibility index (Phi) is 15.4. The summed E-state index contributed by atoms with van der Waals surface area (Å²) >= 11 is 8.97. The van der Waals surface area contributed by atoms with Crippen LogP contribution in [0.5, 0.6) is 34.5 Å². The first-order valence-electron chi connectivity index (χ1n) is 14.5. The van der Waals surface area contributed by atoms with Crippen LogP contribution >= 0.6 is 90.4 Å². The fraction of sp³-hybridized carbons (Fsp3) is 0.281. The minimum absolute atomic E-state index is 0.00124. The summed E-state index contributed by atoms with van der Waals surface area (Å²) in [4.78, 5) is 4.03. The van der Waals surface area contributed by atoms with Gasteiger partial charge in [0.25, 0.3) is 0 Å². The molecule has 0 bridgehead atoms. The average molecular weight is 1120 g/mol. The van der Waals surface area contributed by atoms with E-state index < -0.39 is 0 Å². The molecule has 0 unspecified atom stereocenters. The standard InChI is InChI=1S/C32H34I4N6O7/c1-18(43)8-19-9-23(33)30(24(34)10-19)49-22-13-25(35)29(26(36)14-22)48-17-21-16-40-41-42(21)4-5-46-6-7-47-31-27(44-2)11-20(12-28(31)45-3)15-39-32(37)38/h9-14,16,43H,1,4-8,15,17H2,2-3H3,(H4,37,38,39). The van der Waals surface area contributed by atoms with E-state index >= 15 is 0 Å². The van der Waals surface area contributed by atoms with Gasteiger partial charge in [-0.3, -0.25) is 0 Å². The van der Waals surface area contributed by atoms with Crippen LogP contribution in [0.2, 0.25) is 0 Å². The lowest BCUT2D eigenvalue weighted by Crippen LogP contribution is -2.22. The zero-order chi connectivity index (χ0) is 35.5. The van der Waals surface area contributed by atoms with E-state index in [0.29, 0.717) is 49.2 Å². The van der Waals surface area contributed by atoms with Crippen LogP contribution in [0.25, 0.3) is 0 Å². The van der Waals surface area contributed by atoms with Crippen molar-refractivity contribution in [2.75, 3.05) is 34.0 Å². The Balaban J connectivity index is 1.28. The number of allylic oxidation sites excluding steroid dienone is 1. The molecule has 49 heavy (non-hydrogen) atoms. The van der Waals surface area contributed by atoms with Gasteiger partial charge in [-0.2, -0.15) is 0 Å². The van der Waals surface area contributed by atoms with Crippen molar-refractivity contribution in [2.24, 2.45) is 16.5 Å². The number of aromatic nitrogens is 3. The van der Waals surface area contributed by atoms with Crippen molar-refractivity contribution < 1.29 is 33.5 Å². The minimum atomic E-state index is -0.00124. The molecule has 0 radical (unpaired) electrons. The molecule has 0 atom stereocenters. The molecular weight excluding hydrogens is 1090 g/mol. The molecule has 3 aromatic carbocycles. The van der Waals surface area contributed by atoms with Crippen molar-refractivity contribution >= 4 is 96.3 Å². The molecular formula is C32H34I4N6O7. The second-order valence-corrected chi connectivity index (χ2v) is 14.9. The minimum Gasteiger partial charge on any atom is -0.513 e. The van der Waals surface area contributed by atoms with Crippen LogP contribution in [-0.4, -0.2) is 60.1 Å². The summed E-state index contributed by atoms with van der Waals surface area (Å²) in [6.45, 7) is 5.61. The Morgan fingerprint density at radius 2 is 1.47 bits per heavy atom. The fourth-order valence-corrected chi connectivity index (χ4v) is 8.57. The fourth-order valence-electron chi connectivity index (χ4n) is 4.43. The number of methoxy groups -OCH3 is 2. The number of aliphatic hydroxyl groups excluding tert-OH is 1. The number of aliphatic hydroxyl groups is 1. The maximum atomic E-state index is 9.58. The molecule has 4 aromatic rings. The van der Waals surface area contributed by atoms with Gasteiger partial charge in [-0.15, -0.1) is 5.10 Å². The van der Waals surface area contributed by atoms with Gasteiger partial charge in [0.05, 0.1) is 72.5 Å². The van der Waals surface area contributed by atoms with Crippen LogP contribution in [0.3, 0.4) is 0 Å². The number of guanidine groups is 1. The lowest BCUT2D eigenvalue weighted by molar-refractivity contribution is 0.0893. The molecule has 0 amide bonds. The van der Waals surface area contributed by atoms with Crippen molar-refractivity contribution in [1.29, 1.82) is 0 Å². The van der Waals surface area contributed by atoms with Gasteiger partial charge in [0.1, 0.15) is 24.7 Å². The summed E-state index contributed by atoms with van der Waals surface area (Å²) in [5.74, 6) is 3.78. The highest BCUT2D eigenvalue weighted by Gasteiger charge is 2.17. The third-order valence-electron chi connectivity index (χ3n) is 6.61. The first kappa shape index (κ1) is 39.3.